The van der Waals surface area contributed by atoms with Crippen LogP contribution in [-0.2, 0) is 4.74 Å². The van der Waals surface area contributed by atoms with Gasteiger partial charge in [-0.15, -0.1) is 0 Å². The molecule has 2 nitrogen and oxygen atoms in total. The topological polar surface area (TPSA) is 29.5 Å². The lowest BCUT2D eigenvalue weighted by atomic mass is 9.96. The maximum atomic E-state index is 9.65. The summed E-state index contributed by atoms with van der Waals surface area (Å²) in [4.78, 5) is 0. The Labute approximate surface area is 79.2 Å². The van der Waals surface area contributed by atoms with Crippen molar-refractivity contribution in [3.63, 3.8) is 0 Å². The van der Waals surface area contributed by atoms with E-state index in [1.54, 1.807) is 7.11 Å². The monoisotopic (exact) mass is 180 g/mol. The Morgan fingerprint density at radius 2 is 1.92 bits per heavy atom. The van der Waals surface area contributed by atoms with Crippen LogP contribution in [0.1, 0.15) is 18.4 Å². The molecule has 0 aliphatic heterocycles. The van der Waals surface area contributed by atoms with Crippen LogP contribution in [0.15, 0.2) is 30.3 Å². The Hall–Kier alpha value is -0.860. The summed E-state index contributed by atoms with van der Waals surface area (Å²) in [6, 6.07) is 9.96. The molecule has 1 rings (SSSR count). The molecular weight excluding hydrogens is 164 g/mol. The fourth-order valence-electron chi connectivity index (χ4n) is 1.29. The molecule has 72 valence electrons. The lowest BCUT2D eigenvalue weighted by Crippen LogP contribution is -2.21. The number of aliphatic hydroxyl groups excluding tert-OH is 1. The SMILES string of the molecule is COC[C@H](O)C(C)c1ccccc1. The molecule has 0 spiro atoms. The second-order valence-electron chi connectivity index (χ2n) is 3.22. The third kappa shape index (κ3) is 2.83. The van der Waals surface area contributed by atoms with Crippen molar-refractivity contribution in [1.82, 2.24) is 0 Å². The number of hydrogen-bond donors (Lipinski definition) is 1. The highest BCUT2D eigenvalue weighted by Gasteiger charge is 2.14. The van der Waals surface area contributed by atoms with Crippen molar-refractivity contribution in [3.05, 3.63) is 35.9 Å². The standard InChI is InChI=1S/C11H16O2/c1-9(11(12)8-13-2)10-6-4-3-5-7-10/h3-7,9,11-12H,8H2,1-2H3/t9?,11-/m0/s1. The molecule has 13 heavy (non-hydrogen) atoms. The fourth-order valence-corrected chi connectivity index (χ4v) is 1.29. The summed E-state index contributed by atoms with van der Waals surface area (Å²) in [7, 11) is 1.60. The predicted octanol–water partition coefficient (Wildman–Crippen LogP) is 1.80. The van der Waals surface area contributed by atoms with E-state index >= 15 is 0 Å². The van der Waals surface area contributed by atoms with Gasteiger partial charge in [0.25, 0.3) is 0 Å². The van der Waals surface area contributed by atoms with Crippen LogP contribution >= 0.6 is 0 Å². The summed E-state index contributed by atoms with van der Waals surface area (Å²) in [5.41, 5.74) is 1.15. The first-order valence-corrected chi connectivity index (χ1v) is 4.47. The van der Waals surface area contributed by atoms with E-state index in [1.165, 1.54) is 0 Å². The van der Waals surface area contributed by atoms with E-state index in [4.69, 9.17) is 4.74 Å². The quantitative estimate of drug-likeness (QED) is 0.765. The molecule has 0 aromatic heterocycles. The zero-order valence-corrected chi connectivity index (χ0v) is 8.10. The van der Waals surface area contributed by atoms with Gasteiger partial charge in [0.15, 0.2) is 0 Å². The van der Waals surface area contributed by atoms with Crippen molar-refractivity contribution in [2.24, 2.45) is 0 Å². The highest BCUT2D eigenvalue weighted by atomic mass is 16.5. The Bertz CT molecular complexity index is 233. The summed E-state index contributed by atoms with van der Waals surface area (Å²) in [5.74, 6) is 0.126. The molecule has 0 aliphatic rings. The summed E-state index contributed by atoms with van der Waals surface area (Å²) < 4.78 is 4.90. The van der Waals surface area contributed by atoms with Gasteiger partial charge in [0, 0.05) is 13.0 Å². The predicted molar refractivity (Wildman–Crippen MR) is 52.7 cm³/mol. The van der Waals surface area contributed by atoms with Crippen molar-refractivity contribution >= 4 is 0 Å². The lowest BCUT2D eigenvalue weighted by Gasteiger charge is -2.18. The highest BCUT2D eigenvalue weighted by Crippen LogP contribution is 2.18. The van der Waals surface area contributed by atoms with Crippen LogP contribution in [0.25, 0.3) is 0 Å². The molecule has 0 bridgehead atoms. The number of rotatable bonds is 4. The number of aliphatic hydroxyl groups is 1. The zero-order chi connectivity index (χ0) is 9.68. The summed E-state index contributed by atoms with van der Waals surface area (Å²) >= 11 is 0. The van der Waals surface area contributed by atoms with Gasteiger partial charge in [-0.05, 0) is 5.56 Å². The highest BCUT2D eigenvalue weighted by molar-refractivity contribution is 5.19. The van der Waals surface area contributed by atoms with Gasteiger partial charge in [0.2, 0.25) is 0 Å². The average molecular weight is 180 g/mol. The molecule has 1 N–H and O–H groups in total. The third-order valence-corrected chi connectivity index (χ3v) is 2.24. The zero-order valence-electron chi connectivity index (χ0n) is 8.10. The van der Waals surface area contributed by atoms with E-state index in [0.717, 1.165) is 5.56 Å². The molecule has 0 amide bonds. The Balaban J connectivity index is 2.62. The maximum absolute atomic E-state index is 9.65. The Kier molecular flexibility index (Phi) is 3.93. The van der Waals surface area contributed by atoms with Crippen LogP contribution in [0.2, 0.25) is 0 Å². The van der Waals surface area contributed by atoms with Gasteiger partial charge in [0.05, 0.1) is 12.7 Å². The molecular formula is C11H16O2. The maximum Gasteiger partial charge on any atom is 0.0839 e. The third-order valence-electron chi connectivity index (χ3n) is 2.24. The van der Waals surface area contributed by atoms with Crippen LogP contribution < -0.4 is 0 Å². The van der Waals surface area contributed by atoms with Gasteiger partial charge in [0.1, 0.15) is 0 Å². The summed E-state index contributed by atoms with van der Waals surface area (Å²) in [5, 5.41) is 9.65. The smallest absolute Gasteiger partial charge is 0.0839 e. The largest absolute Gasteiger partial charge is 0.390 e. The number of benzene rings is 1. The van der Waals surface area contributed by atoms with Crippen LogP contribution in [-0.4, -0.2) is 24.9 Å². The van der Waals surface area contributed by atoms with Gasteiger partial charge in [-0.25, -0.2) is 0 Å². The van der Waals surface area contributed by atoms with Crippen LogP contribution in [0.3, 0.4) is 0 Å². The molecule has 0 radical (unpaired) electrons. The van der Waals surface area contributed by atoms with Crippen molar-refractivity contribution in [3.8, 4) is 0 Å². The molecule has 0 saturated carbocycles. The van der Waals surface area contributed by atoms with Crippen LogP contribution in [0.4, 0.5) is 0 Å². The average Bonchev–Trinajstić information content (AvgIpc) is 2.18. The molecule has 0 aliphatic carbocycles. The molecule has 0 saturated heterocycles. The first-order chi connectivity index (χ1) is 6.25. The summed E-state index contributed by atoms with van der Waals surface area (Å²) in [6.45, 7) is 2.38. The van der Waals surface area contributed by atoms with Gasteiger partial charge >= 0.3 is 0 Å². The van der Waals surface area contributed by atoms with E-state index in [9.17, 15) is 5.11 Å². The minimum absolute atomic E-state index is 0.126. The number of methoxy groups -OCH3 is 1. The van der Waals surface area contributed by atoms with Crippen molar-refractivity contribution in [1.29, 1.82) is 0 Å². The van der Waals surface area contributed by atoms with Crippen LogP contribution in [0.5, 0.6) is 0 Å². The molecule has 0 fully saturated rings. The lowest BCUT2D eigenvalue weighted by molar-refractivity contribution is 0.0502. The van der Waals surface area contributed by atoms with E-state index in [1.807, 2.05) is 37.3 Å². The second-order valence-corrected chi connectivity index (χ2v) is 3.22. The normalized spacial score (nSPS) is 15.3. The van der Waals surface area contributed by atoms with E-state index in [2.05, 4.69) is 0 Å². The van der Waals surface area contributed by atoms with E-state index in [0.29, 0.717) is 6.61 Å². The molecule has 2 atom stereocenters. The first kappa shape index (κ1) is 10.2. The minimum Gasteiger partial charge on any atom is -0.390 e. The van der Waals surface area contributed by atoms with Crippen LogP contribution in [0, 0.1) is 0 Å². The number of ether oxygens (including phenoxy) is 1. The van der Waals surface area contributed by atoms with E-state index < -0.39 is 6.10 Å². The van der Waals surface area contributed by atoms with Crippen molar-refractivity contribution in [2.75, 3.05) is 13.7 Å². The molecule has 0 heterocycles. The van der Waals surface area contributed by atoms with Gasteiger partial charge in [-0.2, -0.15) is 0 Å². The van der Waals surface area contributed by atoms with Crippen molar-refractivity contribution < 1.29 is 9.84 Å². The Morgan fingerprint density at radius 3 is 2.46 bits per heavy atom. The van der Waals surface area contributed by atoms with Gasteiger partial charge < -0.3 is 9.84 Å². The molecule has 2 heteroatoms. The molecule has 1 aromatic carbocycles. The van der Waals surface area contributed by atoms with Gasteiger partial charge in [-0.1, -0.05) is 37.3 Å². The second kappa shape index (κ2) is 5.00. The fraction of sp³-hybridized carbons (Fsp3) is 0.455. The minimum atomic E-state index is -0.424. The van der Waals surface area contributed by atoms with Gasteiger partial charge in [-0.3, -0.25) is 0 Å². The first-order valence-electron chi connectivity index (χ1n) is 4.47. The van der Waals surface area contributed by atoms with Crippen molar-refractivity contribution in [2.45, 2.75) is 18.9 Å². The number of hydrogen-bond acceptors (Lipinski definition) is 2. The molecule has 1 aromatic rings. The molecule has 1 unspecified atom stereocenters. The Morgan fingerprint density at radius 1 is 1.31 bits per heavy atom. The summed E-state index contributed by atoms with van der Waals surface area (Å²) in [6.07, 6.45) is -0.424. The van der Waals surface area contributed by atoms with E-state index in [-0.39, 0.29) is 5.92 Å².